The number of aliphatic hydroxyl groups is 1. The molecule has 1 aromatic carbocycles. The second-order valence-electron chi connectivity index (χ2n) is 7.53. The van der Waals surface area contributed by atoms with Gasteiger partial charge in [-0.1, -0.05) is 36.9 Å². The maximum atomic E-state index is 12.8. The summed E-state index contributed by atoms with van der Waals surface area (Å²) in [4.78, 5) is 24.4. The van der Waals surface area contributed by atoms with E-state index in [1.165, 1.54) is 30.5 Å². The van der Waals surface area contributed by atoms with E-state index < -0.39 is 18.2 Å². The molecular formula is C23H27NO6. The van der Waals surface area contributed by atoms with Gasteiger partial charge in [0.25, 0.3) is 0 Å². The van der Waals surface area contributed by atoms with Gasteiger partial charge in [-0.05, 0) is 30.9 Å². The summed E-state index contributed by atoms with van der Waals surface area (Å²) in [5, 5.41) is 23.1. The number of amides is 1. The Bertz CT molecular complexity index is 846. The molecule has 1 fully saturated rings. The standard InChI is InChI=1S/C23H27NO6/c1-2-3-9-21(27)24-10-5-7-17-14-19-13-16(25)12-18(29-19)11-15-6-4-8-20(26)22(15)23(28)30-17/h2-6,8-10,16-19,25-26H,1,7,11-14H2,(H,24,27)/b9-3-,10-5+/t16-,17-,18-,19+/m0/s1. The molecule has 3 N–H and O–H groups in total. The molecule has 0 unspecified atom stereocenters. The third kappa shape index (κ3) is 5.81. The highest BCUT2D eigenvalue weighted by Gasteiger charge is 2.34. The Morgan fingerprint density at radius 3 is 2.87 bits per heavy atom. The minimum absolute atomic E-state index is 0.136. The summed E-state index contributed by atoms with van der Waals surface area (Å²) in [5.74, 6) is -1.02. The number of phenolic OH excluding ortho intramolecular Hbond substituents is 1. The highest BCUT2D eigenvalue weighted by Crippen LogP contribution is 2.32. The van der Waals surface area contributed by atoms with Crippen LogP contribution in [0.2, 0.25) is 0 Å². The van der Waals surface area contributed by atoms with Crippen LogP contribution in [0, 0.1) is 0 Å². The largest absolute Gasteiger partial charge is 0.507 e. The van der Waals surface area contributed by atoms with E-state index in [1.54, 1.807) is 18.2 Å². The maximum absolute atomic E-state index is 12.8. The predicted octanol–water partition coefficient (Wildman–Crippen LogP) is 2.53. The van der Waals surface area contributed by atoms with E-state index in [2.05, 4.69) is 11.9 Å². The predicted molar refractivity (Wildman–Crippen MR) is 111 cm³/mol. The minimum Gasteiger partial charge on any atom is -0.507 e. The van der Waals surface area contributed by atoms with Gasteiger partial charge in [0.15, 0.2) is 0 Å². The van der Waals surface area contributed by atoms with Crippen LogP contribution < -0.4 is 5.32 Å². The number of nitrogens with one attached hydrogen (secondary N) is 1. The molecule has 160 valence electrons. The van der Waals surface area contributed by atoms with Crippen LogP contribution in [0.25, 0.3) is 0 Å². The Hall–Kier alpha value is -2.90. The molecule has 7 nitrogen and oxygen atoms in total. The van der Waals surface area contributed by atoms with Crippen molar-refractivity contribution in [3.05, 3.63) is 66.4 Å². The fraction of sp³-hybridized carbons (Fsp3) is 0.391. The molecule has 0 aromatic heterocycles. The van der Waals surface area contributed by atoms with Gasteiger partial charge in [-0.3, -0.25) is 4.79 Å². The summed E-state index contributed by atoms with van der Waals surface area (Å²) in [7, 11) is 0. The van der Waals surface area contributed by atoms with E-state index in [9.17, 15) is 19.8 Å². The number of carbonyl (C=O) groups is 2. The summed E-state index contributed by atoms with van der Waals surface area (Å²) >= 11 is 0. The van der Waals surface area contributed by atoms with Gasteiger partial charge >= 0.3 is 5.97 Å². The molecule has 30 heavy (non-hydrogen) atoms. The first kappa shape index (κ1) is 21.8. The third-order valence-electron chi connectivity index (χ3n) is 5.16. The van der Waals surface area contributed by atoms with Crippen LogP contribution in [0.3, 0.4) is 0 Å². The van der Waals surface area contributed by atoms with Gasteiger partial charge in [0.1, 0.15) is 17.4 Å². The zero-order valence-corrected chi connectivity index (χ0v) is 16.7. The highest BCUT2D eigenvalue weighted by molar-refractivity contribution is 5.94. The van der Waals surface area contributed by atoms with Gasteiger partial charge in [0.2, 0.25) is 5.91 Å². The van der Waals surface area contributed by atoms with Crippen molar-refractivity contribution in [1.82, 2.24) is 5.32 Å². The SMILES string of the molecule is C=C/C=C\C(=O)N/C=C/C[C@H]1C[C@H]2C[C@@H](O)C[C@H](Cc3cccc(O)c3C(=O)O1)O2. The fourth-order valence-corrected chi connectivity index (χ4v) is 3.87. The number of esters is 1. The van der Waals surface area contributed by atoms with E-state index in [0.29, 0.717) is 37.7 Å². The van der Waals surface area contributed by atoms with Crippen molar-refractivity contribution < 1.29 is 29.3 Å². The van der Waals surface area contributed by atoms with Gasteiger partial charge in [-0.25, -0.2) is 4.79 Å². The number of hydrogen-bond acceptors (Lipinski definition) is 6. The number of benzene rings is 1. The van der Waals surface area contributed by atoms with Gasteiger partial charge in [0.05, 0.1) is 18.3 Å². The molecule has 2 aliphatic rings. The quantitative estimate of drug-likeness (QED) is 0.389. The Labute approximate surface area is 175 Å². The smallest absolute Gasteiger partial charge is 0.342 e. The topological polar surface area (TPSA) is 105 Å². The van der Waals surface area contributed by atoms with Crippen molar-refractivity contribution in [2.24, 2.45) is 0 Å². The monoisotopic (exact) mass is 413 g/mol. The first-order valence-corrected chi connectivity index (χ1v) is 10.1. The van der Waals surface area contributed by atoms with E-state index >= 15 is 0 Å². The van der Waals surface area contributed by atoms with Crippen molar-refractivity contribution in [2.75, 3.05) is 0 Å². The number of allylic oxidation sites excluding steroid dienone is 2. The second-order valence-corrected chi connectivity index (χ2v) is 7.53. The minimum atomic E-state index is -0.583. The Balaban J connectivity index is 1.77. The van der Waals surface area contributed by atoms with Gasteiger partial charge in [-0.2, -0.15) is 0 Å². The summed E-state index contributed by atoms with van der Waals surface area (Å²) in [6.07, 6.45) is 8.20. The van der Waals surface area contributed by atoms with E-state index in [0.717, 1.165) is 0 Å². The molecule has 1 amide bonds. The molecule has 2 heterocycles. The second kappa shape index (κ2) is 10.2. The van der Waals surface area contributed by atoms with Crippen molar-refractivity contribution in [2.45, 2.75) is 56.5 Å². The van der Waals surface area contributed by atoms with Crippen LogP contribution in [0.4, 0.5) is 0 Å². The normalized spacial score (nSPS) is 26.8. The van der Waals surface area contributed by atoms with Crippen LogP contribution in [0.1, 0.15) is 41.6 Å². The van der Waals surface area contributed by atoms with Crippen molar-refractivity contribution >= 4 is 11.9 Å². The van der Waals surface area contributed by atoms with Crippen LogP contribution in [0.15, 0.2) is 55.3 Å². The molecule has 1 aromatic rings. The van der Waals surface area contributed by atoms with Crippen molar-refractivity contribution in [1.29, 1.82) is 0 Å². The van der Waals surface area contributed by atoms with Crippen molar-refractivity contribution in [3.63, 3.8) is 0 Å². The summed E-state index contributed by atoms with van der Waals surface area (Å²) in [5.41, 5.74) is 0.770. The van der Waals surface area contributed by atoms with E-state index in [-0.39, 0.29) is 29.4 Å². The Morgan fingerprint density at radius 2 is 2.07 bits per heavy atom. The number of carbonyl (C=O) groups excluding carboxylic acids is 2. The molecule has 2 bridgehead atoms. The first-order chi connectivity index (χ1) is 14.5. The fourth-order valence-electron chi connectivity index (χ4n) is 3.87. The highest BCUT2D eigenvalue weighted by atomic mass is 16.5. The summed E-state index contributed by atoms with van der Waals surface area (Å²) in [6.45, 7) is 3.50. The molecule has 0 radical (unpaired) electrons. The lowest BCUT2D eigenvalue weighted by Crippen LogP contribution is -2.40. The summed E-state index contributed by atoms with van der Waals surface area (Å²) < 4.78 is 11.8. The number of phenols is 1. The number of fused-ring (bicyclic) bond motifs is 3. The molecule has 1 saturated heterocycles. The molecule has 0 spiro atoms. The number of rotatable bonds is 5. The molecule has 3 rings (SSSR count). The first-order valence-electron chi connectivity index (χ1n) is 10.1. The average Bonchev–Trinajstić information content (AvgIpc) is 2.68. The Kier molecular flexibility index (Phi) is 7.43. The van der Waals surface area contributed by atoms with Gasteiger partial charge < -0.3 is 25.0 Å². The number of cyclic esters (lactones) is 1. The number of aliphatic hydroxyl groups excluding tert-OH is 1. The van der Waals surface area contributed by atoms with E-state index in [1.807, 2.05) is 0 Å². The molecule has 2 aliphatic heterocycles. The third-order valence-corrected chi connectivity index (χ3v) is 5.16. The van der Waals surface area contributed by atoms with Gasteiger partial charge in [-0.15, -0.1) is 0 Å². The lowest BCUT2D eigenvalue weighted by molar-refractivity contribution is -0.115. The van der Waals surface area contributed by atoms with E-state index in [4.69, 9.17) is 9.47 Å². The molecule has 0 aliphatic carbocycles. The number of aromatic hydroxyl groups is 1. The van der Waals surface area contributed by atoms with Crippen LogP contribution in [-0.2, 0) is 20.7 Å². The Morgan fingerprint density at radius 1 is 1.27 bits per heavy atom. The summed E-state index contributed by atoms with van der Waals surface area (Å²) in [6, 6.07) is 4.89. The maximum Gasteiger partial charge on any atom is 0.342 e. The molecular weight excluding hydrogens is 386 g/mol. The van der Waals surface area contributed by atoms with Crippen LogP contribution in [-0.4, -0.2) is 46.5 Å². The molecule has 0 saturated carbocycles. The lowest BCUT2D eigenvalue weighted by Gasteiger charge is -2.36. The molecule has 4 atom stereocenters. The van der Waals surface area contributed by atoms with Crippen molar-refractivity contribution in [3.8, 4) is 5.75 Å². The zero-order valence-electron chi connectivity index (χ0n) is 16.7. The lowest BCUT2D eigenvalue weighted by atomic mass is 9.91. The van der Waals surface area contributed by atoms with Gasteiger partial charge in [0, 0.05) is 25.1 Å². The molecule has 7 heteroatoms. The van der Waals surface area contributed by atoms with Crippen LogP contribution >= 0.6 is 0 Å². The van der Waals surface area contributed by atoms with Crippen LogP contribution in [0.5, 0.6) is 5.75 Å². The average molecular weight is 413 g/mol. The number of hydrogen-bond donors (Lipinski definition) is 3. The number of ether oxygens (including phenoxy) is 2. The zero-order chi connectivity index (χ0) is 21.5.